The Morgan fingerprint density at radius 2 is 1.50 bits per heavy atom. The van der Waals surface area contributed by atoms with Gasteiger partial charge in [0, 0.05) is 0 Å². The molecule has 2 rings (SSSR count). The van der Waals surface area contributed by atoms with Gasteiger partial charge in [0.25, 0.3) is 0 Å². The molecule has 1 aliphatic rings. The molecule has 0 fully saturated rings. The van der Waals surface area contributed by atoms with Crippen molar-refractivity contribution < 1.29 is 0 Å². The van der Waals surface area contributed by atoms with Crippen LogP contribution < -0.4 is 6.67 Å². The zero-order chi connectivity index (χ0) is 6.97. The van der Waals surface area contributed by atoms with Crippen molar-refractivity contribution >= 4 is 77.8 Å². The van der Waals surface area contributed by atoms with Crippen molar-refractivity contribution in [3.8, 4) is 0 Å². The first-order valence-corrected chi connectivity index (χ1v) is 10.7. The summed E-state index contributed by atoms with van der Waals surface area (Å²) < 4.78 is 5.18. The number of fused-ring (bicyclic) bond motifs is 1. The van der Waals surface area contributed by atoms with Crippen molar-refractivity contribution in [1.82, 2.24) is 0 Å². The Morgan fingerprint density at radius 1 is 1.00 bits per heavy atom. The summed E-state index contributed by atoms with van der Waals surface area (Å²) in [6.07, 6.45) is 0. The Bertz CT molecular complexity index is 260. The molecular weight excluding hydrogens is 408 g/mol. The second-order valence-corrected chi connectivity index (χ2v) is 16.2. The molecule has 0 aromatic carbocycles. The fraction of sp³-hybridized carbons (Fsp3) is 0.400. The van der Waals surface area contributed by atoms with E-state index in [-0.39, 0.29) is 0 Å². The van der Waals surface area contributed by atoms with E-state index in [0.29, 0.717) is 29.0 Å². The molecule has 0 bridgehead atoms. The molecular formula is C5H4SSe4. The third-order valence-corrected chi connectivity index (χ3v) is 18.1. The van der Waals surface area contributed by atoms with Gasteiger partial charge in [0.05, 0.1) is 0 Å². The summed E-state index contributed by atoms with van der Waals surface area (Å²) in [5, 5.41) is 3.04. The van der Waals surface area contributed by atoms with Gasteiger partial charge in [0.2, 0.25) is 0 Å². The molecule has 54 valence electrons. The molecule has 0 N–H and O–H groups in total. The van der Waals surface area contributed by atoms with E-state index in [9.17, 15) is 0 Å². The van der Waals surface area contributed by atoms with Gasteiger partial charge < -0.3 is 0 Å². The first-order valence-electron chi connectivity index (χ1n) is 2.76. The van der Waals surface area contributed by atoms with E-state index in [4.69, 9.17) is 12.2 Å². The number of rotatable bonds is 0. The molecule has 1 aliphatic heterocycles. The molecule has 0 spiro atoms. The topological polar surface area (TPSA) is 0 Å². The molecule has 0 radical (unpaired) electrons. The molecule has 5 heteroatoms. The van der Waals surface area contributed by atoms with E-state index in [1.54, 1.807) is 0 Å². The van der Waals surface area contributed by atoms with Crippen LogP contribution in [0.15, 0.2) is 0 Å². The summed E-state index contributed by atoms with van der Waals surface area (Å²) in [6, 6.07) is 0. The molecule has 0 unspecified atom stereocenters. The maximum absolute atomic E-state index is 5.27. The summed E-state index contributed by atoms with van der Waals surface area (Å²) in [5.41, 5.74) is 0. The van der Waals surface area contributed by atoms with Crippen LogP contribution in [-0.2, 0) is 0 Å². The van der Waals surface area contributed by atoms with Crippen LogP contribution >= 0.6 is 12.2 Å². The molecule has 0 saturated carbocycles. The van der Waals surface area contributed by atoms with Crippen LogP contribution in [0.1, 0.15) is 0 Å². The Hall–Kier alpha value is 1.91. The van der Waals surface area contributed by atoms with Crippen molar-refractivity contribution in [2.24, 2.45) is 0 Å². The van der Waals surface area contributed by atoms with Gasteiger partial charge in [-0.05, 0) is 0 Å². The number of hydrogen-bond acceptors (Lipinski definition) is 1. The fourth-order valence-corrected chi connectivity index (χ4v) is 21.9. The van der Waals surface area contributed by atoms with Crippen molar-refractivity contribution in [2.75, 3.05) is 0 Å². The van der Waals surface area contributed by atoms with Crippen LogP contribution in [0.2, 0.25) is 10.6 Å². The van der Waals surface area contributed by atoms with E-state index >= 15 is 0 Å². The summed E-state index contributed by atoms with van der Waals surface area (Å²) >= 11 is 8.44. The molecule has 0 amide bonds. The Morgan fingerprint density at radius 3 is 2.00 bits per heavy atom. The van der Waals surface area contributed by atoms with E-state index in [0.717, 1.165) is 29.9 Å². The van der Waals surface area contributed by atoms with Gasteiger partial charge >= 0.3 is 90.7 Å². The molecule has 0 atom stereocenters. The zero-order valence-electron chi connectivity index (χ0n) is 4.96. The first-order chi connectivity index (χ1) is 4.86. The van der Waals surface area contributed by atoms with Crippen LogP contribution in [0.25, 0.3) is 0 Å². The van der Waals surface area contributed by atoms with Crippen molar-refractivity contribution in [1.29, 1.82) is 0 Å². The van der Waals surface area contributed by atoms with Gasteiger partial charge in [-0.15, -0.1) is 0 Å². The predicted octanol–water partition coefficient (Wildman–Crippen LogP) is -0.961. The van der Waals surface area contributed by atoms with Gasteiger partial charge in [-0.2, -0.15) is 0 Å². The van der Waals surface area contributed by atoms with Crippen LogP contribution in [0.3, 0.4) is 0 Å². The molecule has 2 heterocycles. The van der Waals surface area contributed by atoms with Gasteiger partial charge in [-0.25, -0.2) is 0 Å². The summed E-state index contributed by atoms with van der Waals surface area (Å²) in [5.74, 6) is 0. The fourth-order valence-electron chi connectivity index (χ4n) is 0.701. The minimum absolute atomic E-state index is 0.701. The van der Waals surface area contributed by atoms with Crippen LogP contribution in [-0.4, -0.2) is 58.9 Å². The maximum atomic E-state index is 5.27. The van der Waals surface area contributed by atoms with Crippen molar-refractivity contribution in [2.45, 2.75) is 10.6 Å². The Labute approximate surface area is 89.6 Å². The van der Waals surface area contributed by atoms with Gasteiger partial charge in [0.15, 0.2) is 0 Å². The Balaban J connectivity index is 2.50. The summed E-state index contributed by atoms with van der Waals surface area (Å²) in [6.45, 7) is 0. The average Bonchev–Trinajstić information content (AvgIpc) is 2.27. The van der Waals surface area contributed by atoms with Crippen molar-refractivity contribution in [3.05, 3.63) is 2.26 Å². The Kier molecular flexibility index (Phi) is 3.19. The van der Waals surface area contributed by atoms with Crippen molar-refractivity contribution in [3.63, 3.8) is 0 Å². The van der Waals surface area contributed by atoms with Gasteiger partial charge in [-0.1, -0.05) is 0 Å². The number of hydrogen-bond donors (Lipinski definition) is 0. The summed E-state index contributed by atoms with van der Waals surface area (Å²) in [7, 11) is 0. The minimum atomic E-state index is 0.701. The molecule has 0 saturated heterocycles. The van der Waals surface area contributed by atoms with E-state index < -0.39 is 0 Å². The van der Waals surface area contributed by atoms with Gasteiger partial charge in [0.1, 0.15) is 0 Å². The third kappa shape index (κ3) is 1.80. The molecule has 0 aliphatic carbocycles. The van der Waals surface area contributed by atoms with Gasteiger partial charge in [-0.3, -0.25) is 0 Å². The van der Waals surface area contributed by atoms with E-state index in [1.807, 2.05) is 6.67 Å². The predicted molar refractivity (Wildman–Crippen MR) is 51.5 cm³/mol. The van der Waals surface area contributed by atoms with Crippen LogP contribution in [0.5, 0.6) is 0 Å². The standard InChI is InChI=1S/C5H4SSe4/c6-5-9-3-4(10-5)8-2-1-7-3/h1-2H2. The zero-order valence-corrected chi connectivity index (χ0v) is 12.6. The average molecular weight is 412 g/mol. The second-order valence-electron chi connectivity index (χ2n) is 1.73. The quantitative estimate of drug-likeness (QED) is 0.391. The summed E-state index contributed by atoms with van der Waals surface area (Å²) in [4.78, 5) is 0. The van der Waals surface area contributed by atoms with Crippen LogP contribution in [0.4, 0.5) is 0 Å². The third-order valence-electron chi connectivity index (χ3n) is 1.07. The molecule has 0 nitrogen and oxygen atoms in total. The van der Waals surface area contributed by atoms with E-state index in [2.05, 4.69) is 0 Å². The molecule has 1 aromatic rings. The second kappa shape index (κ2) is 3.75. The van der Waals surface area contributed by atoms with Crippen LogP contribution in [0, 0.1) is 2.26 Å². The molecule has 10 heavy (non-hydrogen) atoms. The monoisotopic (exact) mass is 416 g/mol. The SMILES string of the molecule is S=c1[se]c2c([se]1)[Se]CC[Se]2. The van der Waals surface area contributed by atoms with E-state index in [1.165, 1.54) is 12.9 Å². The normalized spacial score (nSPS) is 16.8. The first kappa shape index (κ1) is 8.50. The molecule has 1 aromatic heterocycles.